The van der Waals surface area contributed by atoms with Gasteiger partial charge in [0, 0.05) is 6.61 Å². The summed E-state index contributed by atoms with van der Waals surface area (Å²) in [5, 5.41) is 42.1. The number of aliphatic hydroxyl groups excluding tert-OH is 1. The summed E-state index contributed by atoms with van der Waals surface area (Å²) in [6, 6.07) is 0. The highest BCUT2D eigenvalue weighted by molar-refractivity contribution is 5.88. The van der Waals surface area contributed by atoms with Crippen molar-refractivity contribution in [2.45, 2.75) is 38.2 Å². The summed E-state index contributed by atoms with van der Waals surface area (Å²) in [7, 11) is 0. The van der Waals surface area contributed by atoms with E-state index in [2.05, 4.69) is 13.0 Å². The number of carbonyl (C=O) groups is 3. The fourth-order valence-electron chi connectivity index (χ4n) is 1.07. The number of carboxylic acid groups (broad SMARTS) is 3. The molecule has 0 spiro atoms. The third-order valence-corrected chi connectivity index (χ3v) is 1.98. The van der Waals surface area contributed by atoms with Crippen LogP contribution in [0.2, 0.25) is 0 Å². The molecule has 0 rings (SSSR count). The molecule has 0 aromatic heterocycles. The fourth-order valence-corrected chi connectivity index (χ4v) is 1.07. The van der Waals surface area contributed by atoms with Gasteiger partial charge in [0.05, 0.1) is 12.8 Å². The Morgan fingerprint density at radius 1 is 1.00 bits per heavy atom. The number of allylic oxidation sites excluding steroid dienone is 1. The van der Waals surface area contributed by atoms with Crippen LogP contribution in [0.15, 0.2) is 12.2 Å². The lowest BCUT2D eigenvalue weighted by atomic mass is 9.96. The van der Waals surface area contributed by atoms with Crippen LogP contribution in [-0.4, -0.2) is 55.6 Å². The topological polar surface area (TPSA) is 152 Å². The molecule has 0 bridgehead atoms. The number of carboxylic acids is 3. The van der Waals surface area contributed by atoms with Crippen molar-refractivity contribution in [2.75, 3.05) is 6.61 Å². The lowest BCUT2D eigenvalue weighted by Gasteiger charge is -2.18. The van der Waals surface area contributed by atoms with Crippen LogP contribution in [0.25, 0.3) is 0 Å². The first-order valence-corrected chi connectivity index (χ1v) is 5.84. The first-order chi connectivity index (χ1) is 9.19. The number of aliphatic carboxylic acids is 3. The number of aliphatic hydroxyl groups is 2. The van der Waals surface area contributed by atoms with Crippen molar-refractivity contribution in [3.63, 3.8) is 0 Å². The van der Waals surface area contributed by atoms with Crippen molar-refractivity contribution in [3.05, 3.63) is 12.2 Å². The Morgan fingerprint density at radius 2 is 1.45 bits per heavy atom. The third-order valence-electron chi connectivity index (χ3n) is 1.98. The minimum absolute atomic E-state index is 0.274. The van der Waals surface area contributed by atoms with Crippen molar-refractivity contribution in [1.82, 2.24) is 0 Å². The molecule has 0 radical (unpaired) electrons. The monoisotopic (exact) mass is 292 g/mol. The van der Waals surface area contributed by atoms with E-state index in [9.17, 15) is 14.4 Å². The van der Waals surface area contributed by atoms with E-state index >= 15 is 0 Å². The van der Waals surface area contributed by atoms with E-state index < -0.39 is 36.4 Å². The van der Waals surface area contributed by atoms with Crippen molar-refractivity contribution in [3.8, 4) is 0 Å². The van der Waals surface area contributed by atoms with E-state index in [4.69, 9.17) is 25.5 Å². The van der Waals surface area contributed by atoms with Crippen LogP contribution >= 0.6 is 0 Å². The lowest BCUT2D eigenvalue weighted by molar-refractivity contribution is -0.170. The van der Waals surface area contributed by atoms with Crippen LogP contribution in [0.5, 0.6) is 0 Å². The lowest BCUT2D eigenvalue weighted by Crippen LogP contribution is -2.42. The summed E-state index contributed by atoms with van der Waals surface area (Å²) in [5.74, 6) is -5.02. The molecule has 8 nitrogen and oxygen atoms in total. The van der Waals surface area contributed by atoms with Gasteiger partial charge in [0.25, 0.3) is 0 Å². The van der Waals surface area contributed by atoms with E-state index in [1.165, 1.54) is 0 Å². The number of rotatable bonds is 8. The minimum Gasteiger partial charge on any atom is -0.481 e. The zero-order chi connectivity index (χ0) is 16.2. The van der Waals surface area contributed by atoms with Crippen molar-refractivity contribution in [2.24, 2.45) is 0 Å². The maximum Gasteiger partial charge on any atom is 0.336 e. The standard InChI is InChI=1S/C6H8O7.C6H12O/c7-3(8)1-6(13,5(11)12)2-4(9)10;1-2-3-4-5-6-7/h13H,1-2H2,(H,7,8)(H,9,10)(H,11,12);3-4,7H,2,5-6H2,1H3/b;4-3-. The van der Waals surface area contributed by atoms with Crippen LogP contribution in [0.1, 0.15) is 32.6 Å². The van der Waals surface area contributed by atoms with Gasteiger partial charge in [0.1, 0.15) is 0 Å². The highest BCUT2D eigenvalue weighted by Gasteiger charge is 2.40. The maximum absolute atomic E-state index is 10.3. The molecule has 0 aliphatic rings. The fraction of sp³-hybridized carbons (Fsp3) is 0.583. The molecule has 5 N–H and O–H groups in total. The van der Waals surface area contributed by atoms with Gasteiger partial charge in [-0.3, -0.25) is 9.59 Å². The zero-order valence-electron chi connectivity index (χ0n) is 11.2. The predicted molar refractivity (Wildman–Crippen MR) is 68.2 cm³/mol. The molecule has 116 valence electrons. The van der Waals surface area contributed by atoms with Gasteiger partial charge in [-0.1, -0.05) is 19.1 Å². The van der Waals surface area contributed by atoms with Gasteiger partial charge in [-0.15, -0.1) is 0 Å². The van der Waals surface area contributed by atoms with Gasteiger partial charge in [-0.25, -0.2) is 4.79 Å². The van der Waals surface area contributed by atoms with E-state index in [1.54, 1.807) is 0 Å². The molecule has 20 heavy (non-hydrogen) atoms. The Balaban J connectivity index is 0. The predicted octanol–water partition coefficient (Wildman–Crippen LogP) is 0.0865. The highest BCUT2D eigenvalue weighted by Crippen LogP contribution is 2.15. The molecule has 0 atom stereocenters. The first kappa shape index (κ1) is 20.4. The normalized spacial score (nSPS) is 10.8. The molecular formula is C12H20O8. The second-order valence-corrected chi connectivity index (χ2v) is 3.87. The number of hydrogen-bond donors (Lipinski definition) is 5. The van der Waals surface area contributed by atoms with Gasteiger partial charge in [0.15, 0.2) is 5.60 Å². The molecule has 8 heteroatoms. The molecular weight excluding hydrogens is 272 g/mol. The van der Waals surface area contributed by atoms with Crippen molar-refractivity contribution >= 4 is 17.9 Å². The minimum atomic E-state index is -2.74. The average molecular weight is 292 g/mol. The second-order valence-electron chi connectivity index (χ2n) is 3.87. The Hall–Kier alpha value is -1.93. The van der Waals surface area contributed by atoms with Crippen LogP contribution < -0.4 is 0 Å². The number of hydrogen-bond acceptors (Lipinski definition) is 5. The Morgan fingerprint density at radius 3 is 1.70 bits per heavy atom. The summed E-state index contributed by atoms with van der Waals surface area (Å²) in [5.41, 5.74) is -2.74. The van der Waals surface area contributed by atoms with Gasteiger partial charge < -0.3 is 25.5 Å². The molecule has 0 saturated carbocycles. The smallest absolute Gasteiger partial charge is 0.336 e. The zero-order valence-corrected chi connectivity index (χ0v) is 11.2. The summed E-state index contributed by atoms with van der Waals surface area (Å²) in [6.07, 6.45) is 3.62. The largest absolute Gasteiger partial charge is 0.481 e. The summed E-state index contributed by atoms with van der Waals surface area (Å²) in [4.78, 5) is 30.5. The molecule has 0 aromatic rings. The Kier molecular flexibility index (Phi) is 11.2. The van der Waals surface area contributed by atoms with Gasteiger partial charge >= 0.3 is 17.9 Å². The summed E-state index contributed by atoms with van der Waals surface area (Å²) in [6.45, 7) is 2.35. The van der Waals surface area contributed by atoms with Crippen LogP contribution in [0.4, 0.5) is 0 Å². The van der Waals surface area contributed by atoms with Gasteiger partial charge in [-0.05, 0) is 12.8 Å². The van der Waals surface area contributed by atoms with Crippen LogP contribution in [-0.2, 0) is 14.4 Å². The van der Waals surface area contributed by atoms with Gasteiger partial charge in [-0.2, -0.15) is 0 Å². The molecule has 0 aromatic carbocycles. The van der Waals surface area contributed by atoms with Crippen LogP contribution in [0, 0.1) is 0 Å². The first-order valence-electron chi connectivity index (χ1n) is 5.84. The van der Waals surface area contributed by atoms with E-state index in [-0.39, 0.29) is 6.61 Å². The summed E-state index contributed by atoms with van der Waals surface area (Å²) >= 11 is 0. The van der Waals surface area contributed by atoms with E-state index in [0.29, 0.717) is 0 Å². The molecule has 0 saturated heterocycles. The second kappa shape index (κ2) is 10.9. The maximum atomic E-state index is 10.3. The van der Waals surface area contributed by atoms with Gasteiger partial charge in [0.2, 0.25) is 0 Å². The van der Waals surface area contributed by atoms with Crippen molar-refractivity contribution in [1.29, 1.82) is 0 Å². The third kappa shape index (κ3) is 11.2. The molecule has 0 fully saturated rings. The average Bonchev–Trinajstić information content (AvgIpc) is 2.28. The molecule has 0 amide bonds. The quantitative estimate of drug-likeness (QED) is 0.394. The molecule has 0 unspecified atom stereocenters. The summed E-state index contributed by atoms with van der Waals surface area (Å²) < 4.78 is 0. The Bertz CT molecular complexity index is 331. The van der Waals surface area contributed by atoms with E-state index in [1.807, 2.05) is 6.08 Å². The van der Waals surface area contributed by atoms with Crippen molar-refractivity contribution < 1.29 is 39.9 Å². The molecule has 0 heterocycles. The van der Waals surface area contributed by atoms with Crippen LogP contribution in [0.3, 0.4) is 0 Å². The van der Waals surface area contributed by atoms with E-state index in [0.717, 1.165) is 12.8 Å². The highest BCUT2D eigenvalue weighted by atomic mass is 16.4. The molecule has 0 aliphatic heterocycles. The SMILES string of the molecule is CC/C=C\CCO.O=C(O)CC(O)(CC(=O)O)C(=O)O. The Labute approximate surface area is 116 Å². The molecule has 0 aliphatic carbocycles.